The van der Waals surface area contributed by atoms with Crippen LogP contribution in [0.4, 0.5) is 0 Å². The maximum absolute atomic E-state index is 6.10. The van der Waals surface area contributed by atoms with Gasteiger partial charge in [-0.3, -0.25) is 0 Å². The van der Waals surface area contributed by atoms with Crippen LogP contribution in [-0.4, -0.2) is 6.61 Å². The molecule has 0 heterocycles. The SMILES string of the molecule is C=C(C)COc1ccc2c(c1)[C@H](N)CCC2. The lowest BCUT2D eigenvalue weighted by molar-refractivity contribution is 0.351. The normalized spacial score (nSPS) is 19.0. The Morgan fingerprint density at radius 2 is 2.38 bits per heavy atom. The highest BCUT2D eigenvalue weighted by Gasteiger charge is 2.17. The molecule has 0 aliphatic heterocycles. The molecule has 1 aliphatic rings. The topological polar surface area (TPSA) is 35.2 Å². The summed E-state index contributed by atoms with van der Waals surface area (Å²) in [7, 11) is 0. The van der Waals surface area contributed by atoms with Crippen molar-refractivity contribution >= 4 is 0 Å². The molecule has 2 nitrogen and oxygen atoms in total. The van der Waals surface area contributed by atoms with Gasteiger partial charge in [0.25, 0.3) is 0 Å². The Kier molecular flexibility index (Phi) is 3.30. The van der Waals surface area contributed by atoms with Crippen LogP contribution in [0.3, 0.4) is 0 Å². The number of ether oxygens (including phenoxy) is 1. The molecule has 1 aromatic carbocycles. The number of fused-ring (bicyclic) bond motifs is 1. The van der Waals surface area contributed by atoms with Crippen LogP contribution < -0.4 is 10.5 Å². The number of rotatable bonds is 3. The molecule has 0 unspecified atom stereocenters. The average molecular weight is 217 g/mol. The van der Waals surface area contributed by atoms with Crippen LogP contribution in [0.1, 0.15) is 36.9 Å². The van der Waals surface area contributed by atoms with E-state index in [9.17, 15) is 0 Å². The second-order valence-corrected chi connectivity index (χ2v) is 4.61. The summed E-state index contributed by atoms with van der Waals surface area (Å²) in [5.41, 5.74) is 9.76. The van der Waals surface area contributed by atoms with Gasteiger partial charge in [-0.05, 0) is 55.0 Å². The number of hydrogen-bond acceptors (Lipinski definition) is 2. The Hall–Kier alpha value is -1.28. The Balaban J connectivity index is 2.17. The largest absolute Gasteiger partial charge is 0.489 e. The van der Waals surface area contributed by atoms with E-state index in [1.807, 2.05) is 13.0 Å². The standard InChI is InChI=1S/C14H19NO/c1-10(2)9-16-12-7-6-11-4-3-5-14(15)13(11)8-12/h6-8,14H,1,3-5,9,15H2,2H3/t14-/m1/s1. The Bertz CT molecular complexity index is 398. The van der Waals surface area contributed by atoms with Gasteiger partial charge in [-0.2, -0.15) is 0 Å². The van der Waals surface area contributed by atoms with E-state index in [0.717, 1.165) is 24.2 Å². The van der Waals surface area contributed by atoms with Crippen molar-refractivity contribution in [3.8, 4) is 5.75 Å². The predicted octanol–water partition coefficient (Wildman–Crippen LogP) is 2.98. The van der Waals surface area contributed by atoms with Crippen molar-refractivity contribution in [1.82, 2.24) is 0 Å². The van der Waals surface area contributed by atoms with Gasteiger partial charge in [-0.1, -0.05) is 12.6 Å². The molecule has 0 amide bonds. The van der Waals surface area contributed by atoms with Crippen molar-refractivity contribution in [2.24, 2.45) is 5.73 Å². The maximum Gasteiger partial charge on any atom is 0.120 e. The van der Waals surface area contributed by atoms with Gasteiger partial charge in [-0.15, -0.1) is 0 Å². The van der Waals surface area contributed by atoms with Crippen LogP contribution >= 0.6 is 0 Å². The third-order valence-corrected chi connectivity index (χ3v) is 2.96. The average Bonchev–Trinajstić information content (AvgIpc) is 2.27. The molecular formula is C14H19NO. The van der Waals surface area contributed by atoms with Gasteiger partial charge >= 0.3 is 0 Å². The zero-order valence-electron chi connectivity index (χ0n) is 9.83. The molecule has 0 saturated carbocycles. The van der Waals surface area contributed by atoms with E-state index in [4.69, 9.17) is 10.5 Å². The fourth-order valence-electron chi connectivity index (χ4n) is 2.11. The van der Waals surface area contributed by atoms with Gasteiger partial charge in [0.1, 0.15) is 12.4 Å². The molecule has 2 rings (SSSR count). The zero-order chi connectivity index (χ0) is 11.5. The summed E-state index contributed by atoms with van der Waals surface area (Å²) in [6.07, 6.45) is 3.42. The number of benzene rings is 1. The highest BCUT2D eigenvalue weighted by molar-refractivity contribution is 5.39. The molecule has 2 heteroatoms. The van der Waals surface area contributed by atoms with Crippen LogP contribution in [0.25, 0.3) is 0 Å². The summed E-state index contributed by atoms with van der Waals surface area (Å²) < 4.78 is 5.63. The summed E-state index contributed by atoms with van der Waals surface area (Å²) in [4.78, 5) is 0. The van der Waals surface area contributed by atoms with Crippen molar-refractivity contribution in [3.05, 3.63) is 41.5 Å². The van der Waals surface area contributed by atoms with Crippen molar-refractivity contribution < 1.29 is 4.74 Å². The van der Waals surface area contributed by atoms with E-state index in [-0.39, 0.29) is 6.04 Å². The van der Waals surface area contributed by atoms with Crippen molar-refractivity contribution in [2.75, 3.05) is 6.61 Å². The molecule has 0 radical (unpaired) electrons. The van der Waals surface area contributed by atoms with Crippen LogP contribution in [0.2, 0.25) is 0 Å². The number of hydrogen-bond donors (Lipinski definition) is 1. The minimum absolute atomic E-state index is 0.178. The minimum Gasteiger partial charge on any atom is -0.489 e. The molecule has 86 valence electrons. The minimum atomic E-state index is 0.178. The predicted molar refractivity (Wildman–Crippen MR) is 66.6 cm³/mol. The molecule has 16 heavy (non-hydrogen) atoms. The maximum atomic E-state index is 6.10. The van der Waals surface area contributed by atoms with Crippen molar-refractivity contribution in [1.29, 1.82) is 0 Å². The first-order valence-corrected chi connectivity index (χ1v) is 5.82. The van der Waals surface area contributed by atoms with Crippen LogP contribution in [0, 0.1) is 0 Å². The van der Waals surface area contributed by atoms with Crippen LogP contribution in [0.15, 0.2) is 30.4 Å². The third-order valence-electron chi connectivity index (χ3n) is 2.96. The second kappa shape index (κ2) is 4.71. The second-order valence-electron chi connectivity index (χ2n) is 4.61. The molecule has 0 fully saturated rings. The summed E-state index contributed by atoms with van der Waals surface area (Å²) in [5.74, 6) is 0.902. The molecule has 0 bridgehead atoms. The Labute approximate surface area is 97.1 Å². The quantitative estimate of drug-likeness (QED) is 0.790. The molecular weight excluding hydrogens is 198 g/mol. The van der Waals surface area contributed by atoms with Crippen molar-refractivity contribution in [2.45, 2.75) is 32.2 Å². The molecule has 2 N–H and O–H groups in total. The Morgan fingerprint density at radius 1 is 1.56 bits per heavy atom. The molecule has 0 spiro atoms. The van der Waals surface area contributed by atoms with Crippen LogP contribution in [-0.2, 0) is 6.42 Å². The summed E-state index contributed by atoms with van der Waals surface area (Å²) in [5, 5.41) is 0. The first-order chi connectivity index (χ1) is 7.66. The van der Waals surface area contributed by atoms with E-state index in [1.54, 1.807) is 0 Å². The monoisotopic (exact) mass is 217 g/mol. The lowest BCUT2D eigenvalue weighted by Crippen LogP contribution is -2.17. The third kappa shape index (κ3) is 2.45. The lowest BCUT2D eigenvalue weighted by Gasteiger charge is -2.22. The van der Waals surface area contributed by atoms with Gasteiger partial charge < -0.3 is 10.5 Å². The fraction of sp³-hybridized carbons (Fsp3) is 0.429. The van der Waals surface area contributed by atoms with Gasteiger partial charge in [-0.25, -0.2) is 0 Å². The first kappa shape index (κ1) is 11.2. The fourth-order valence-corrected chi connectivity index (χ4v) is 2.11. The van der Waals surface area contributed by atoms with E-state index in [2.05, 4.69) is 18.7 Å². The zero-order valence-corrected chi connectivity index (χ0v) is 9.83. The molecule has 0 saturated heterocycles. The summed E-state index contributed by atoms with van der Waals surface area (Å²) >= 11 is 0. The van der Waals surface area contributed by atoms with E-state index < -0.39 is 0 Å². The van der Waals surface area contributed by atoms with E-state index in [0.29, 0.717) is 6.61 Å². The molecule has 0 aromatic heterocycles. The molecule has 1 aliphatic carbocycles. The smallest absolute Gasteiger partial charge is 0.120 e. The highest BCUT2D eigenvalue weighted by atomic mass is 16.5. The Morgan fingerprint density at radius 3 is 3.12 bits per heavy atom. The summed E-state index contributed by atoms with van der Waals surface area (Å²) in [6, 6.07) is 6.43. The van der Waals surface area contributed by atoms with Gasteiger partial charge in [0, 0.05) is 6.04 Å². The summed E-state index contributed by atoms with van der Waals surface area (Å²) in [6.45, 7) is 6.36. The van der Waals surface area contributed by atoms with Gasteiger partial charge in [0.05, 0.1) is 0 Å². The van der Waals surface area contributed by atoms with Gasteiger partial charge in [0.2, 0.25) is 0 Å². The molecule has 1 aromatic rings. The number of aryl methyl sites for hydroxylation is 1. The van der Waals surface area contributed by atoms with E-state index in [1.165, 1.54) is 17.5 Å². The van der Waals surface area contributed by atoms with Gasteiger partial charge in [0.15, 0.2) is 0 Å². The number of nitrogens with two attached hydrogens (primary N) is 1. The molecule has 1 atom stereocenters. The lowest BCUT2D eigenvalue weighted by atomic mass is 9.88. The van der Waals surface area contributed by atoms with Crippen molar-refractivity contribution in [3.63, 3.8) is 0 Å². The highest BCUT2D eigenvalue weighted by Crippen LogP contribution is 2.30. The first-order valence-electron chi connectivity index (χ1n) is 5.82. The van der Waals surface area contributed by atoms with E-state index >= 15 is 0 Å². The van der Waals surface area contributed by atoms with Crippen LogP contribution in [0.5, 0.6) is 5.75 Å².